The fourth-order valence-corrected chi connectivity index (χ4v) is 3.64. The van der Waals surface area contributed by atoms with E-state index >= 15 is 0 Å². The number of benzene rings is 2. The standard InChI is InChI=1S/C24H21N3O2/c1-24(2,15-25)16-11-12-22(26-13-16)27-23(28)29-14-21-19-9-5-3-7-17(19)18-8-4-6-10-20(18)21/h3-13,21H,14H2,1-2H3,(H,26,27,28). The maximum absolute atomic E-state index is 12.3. The minimum atomic E-state index is -0.630. The van der Waals surface area contributed by atoms with Crippen molar-refractivity contribution in [2.45, 2.75) is 25.2 Å². The van der Waals surface area contributed by atoms with Crippen LogP contribution in [0.5, 0.6) is 0 Å². The number of nitrogens with zero attached hydrogens (tertiary/aromatic N) is 2. The molecule has 1 amide bonds. The summed E-state index contributed by atoms with van der Waals surface area (Å²) in [7, 11) is 0. The number of fused-ring (bicyclic) bond motifs is 3. The van der Waals surface area contributed by atoms with E-state index < -0.39 is 11.5 Å². The molecule has 1 aliphatic carbocycles. The first-order valence-corrected chi connectivity index (χ1v) is 9.49. The summed E-state index contributed by atoms with van der Waals surface area (Å²) in [6, 6.07) is 22.1. The topological polar surface area (TPSA) is 75.0 Å². The Balaban J connectivity index is 1.44. The summed E-state index contributed by atoms with van der Waals surface area (Å²) in [6.07, 6.45) is 1.05. The third-order valence-corrected chi connectivity index (χ3v) is 5.34. The molecular formula is C24H21N3O2. The zero-order valence-corrected chi connectivity index (χ0v) is 16.3. The van der Waals surface area contributed by atoms with Crippen LogP contribution >= 0.6 is 0 Å². The Morgan fingerprint density at radius 2 is 1.69 bits per heavy atom. The first-order valence-electron chi connectivity index (χ1n) is 9.49. The molecule has 0 saturated carbocycles. The summed E-state index contributed by atoms with van der Waals surface area (Å²) < 4.78 is 5.52. The number of nitrogens with one attached hydrogen (secondary N) is 1. The quantitative estimate of drug-likeness (QED) is 0.668. The van der Waals surface area contributed by atoms with Gasteiger partial charge in [0.05, 0.1) is 11.5 Å². The van der Waals surface area contributed by atoms with E-state index in [0.29, 0.717) is 5.82 Å². The molecule has 0 aliphatic heterocycles. The molecule has 1 N–H and O–H groups in total. The van der Waals surface area contributed by atoms with Gasteiger partial charge in [-0.1, -0.05) is 54.6 Å². The van der Waals surface area contributed by atoms with Gasteiger partial charge in [0.25, 0.3) is 0 Å². The zero-order chi connectivity index (χ0) is 20.4. The highest BCUT2D eigenvalue weighted by atomic mass is 16.5. The van der Waals surface area contributed by atoms with Crippen LogP contribution in [-0.2, 0) is 10.2 Å². The van der Waals surface area contributed by atoms with Gasteiger partial charge in [-0.3, -0.25) is 5.32 Å². The molecule has 3 aromatic rings. The number of ether oxygens (including phenoxy) is 1. The van der Waals surface area contributed by atoms with Gasteiger partial charge in [-0.05, 0) is 47.7 Å². The fourth-order valence-electron chi connectivity index (χ4n) is 3.64. The third-order valence-electron chi connectivity index (χ3n) is 5.34. The van der Waals surface area contributed by atoms with Gasteiger partial charge in [0, 0.05) is 12.1 Å². The van der Waals surface area contributed by atoms with Gasteiger partial charge < -0.3 is 4.74 Å². The lowest BCUT2D eigenvalue weighted by Crippen LogP contribution is -2.19. The van der Waals surface area contributed by atoms with Crippen LogP contribution in [0.15, 0.2) is 66.9 Å². The van der Waals surface area contributed by atoms with Crippen LogP contribution in [0, 0.1) is 11.3 Å². The monoisotopic (exact) mass is 383 g/mol. The van der Waals surface area contributed by atoms with Gasteiger partial charge in [-0.2, -0.15) is 5.26 Å². The van der Waals surface area contributed by atoms with Crippen molar-refractivity contribution in [2.75, 3.05) is 11.9 Å². The first-order chi connectivity index (χ1) is 14.0. The second-order valence-corrected chi connectivity index (χ2v) is 7.62. The van der Waals surface area contributed by atoms with E-state index in [9.17, 15) is 10.1 Å². The maximum Gasteiger partial charge on any atom is 0.412 e. The molecule has 0 saturated heterocycles. The van der Waals surface area contributed by atoms with Gasteiger partial charge in [0.2, 0.25) is 0 Å². The van der Waals surface area contributed by atoms with Gasteiger partial charge in [0.1, 0.15) is 12.4 Å². The van der Waals surface area contributed by atoms with Crippen molar-refractivity contribution < 1.29 is 9.53 Å². The molecule has 0 radical (unpaired) electrons. The predicted molar refractivity (Wildman–Crippen MR) is 112 cm³/mol. The molecule has 5 nitrogen and oxygen atoms in total. The van der Waals surface area contributed by atoms with E-state index in [-0.39, 0.29) is 12.5 Å². The molecule has 0 fully saturated rings. The number of rotatable bonds is 4. The summed E-state index contributed by atoms with van der Waals surface area (Å²) in [5.74, 6) is 0.402. The van der Waals surface area contributed by atoms with Crippen molar-refractivity contribution in [3.05, 3.63) is 83.6 Å². The molecule has 0 spiro atoms. The Morgan fingerprint density at radius 3 is 2.24 bits per heavy atom. The summed E-state index contributed by atoms with van der Waals surface area (Å²) in [5, 5.41) is 11.9. The van der Waals surface area contributed by atoms with Crippen LogP contribution in [0.2, 0.25) is 0 Å². The second-order valence-electron chi connectivity index (χ2n) is 7.62. The van der Waals surface area contributed by atoms with Gasteiger partial charge in [-0.25, -0.2) is 9.78 Å². The number of aromatic nitrogens is 1. The Bertz CT molecular complexity index is 1050. The number of hydrogen-bond donors (Lipinski definition) is 1. The third kappa shape index (κ3) is 3.57. The maximum atomic E-state index is 12.3. The van der Waals surface area contributed by atoms with E-state index in [0.717, 1.165) is 5.56 Å². The van der Waals surface area contributed by atoms with Crippen molar-refractivity contribution in [3.63, 3.8) is 0 Å². The van der Waals surface area contributed by atoms with Crippen molar-refractivity contribution in [1.82, 2.24) is 4.98 Å². The van der Waals surface area contributed by atoms with Gasteiger partial charge in [0.15, 0.2) is 0 Å². The second kappa shape index (κ2) is 7.40. The van der Waals surface area contributed by atoms with Gasteiger partial charge >= 0.3 is 6.09 Å². The lowest BCUT2D eigenvalue weighted by molar-refractivity contribution is 0.158. The highest BCUT2D eigenvalue weighted by Gasteiger charge is 2.29. The fraction of sp³-hybridized carbons (Fsp3) is 0.208. The SMILES string of the molecule is CC(C)(C#N)c1ccc(NC(=O)OCC2c3ccccc3-c3ccccc32)nc1. The van der Waals surface area contributed by atoms with E-state index in [2.05, 4.69) is 40.6 Å². The van der Waals surface area contributed by atoms with E-state index in [1.54, 1.807) is 18.3 Å². The van der Waals surface area contributed by atoms with Crippen molar-refractivity contribution in [2.24, 2.45) is 0 Å². The number of carbonyl (C=O) groups excluding carboxylic acids is 1. The molecule has 0 atom stereocenters. The largest absolute Gasteiger partial charge is 0.448 e. The molecule has 1 heterocycles. The number of hydrogen-bond acceptors (Lipinski definition) is 4. The molecule has 1 aromatic heterocycles. The summed E-state index contributed by atoms with van der Waals surface area (Å²) in [5.41, 5.74) is 4.88. The lowest BCUT2D eigenvalue weighted by Gasteiger charge is -2.16. The van der Waals surface area contributed by atoms with Crippen molar-refractivity contribution >= 4 is 11.9 Å². The van der Waals surface area contributed by atoms with E-state index in [4.69, 9.17) is 4.74 Å². The molecule has 144 valence electrons. The smallest absolute Gasteiger partial charge is 0.412 e. The van der Waals surface area contributed by atoms with Crippen LogP contribution in [0.1, 0.15) is 36.5 Å². The molecule has 5 heteroatoms. The van der Waals surface area contributed by atoms with E-state index in [1.165, 1.54) is 22.3 Å². The minimum Gasteiger partial charge on any atom is -0.448 e. The Hall–Kier alpha value is -3.65. The lowest BCUT2D eigenvalue weighted by atomic mass is 9.88. The predicted octanol–water partition coefficient (Wildman–Crippen LogP) is 5.24. The average Bonchev–Trinajstić information content (AvgIpc) is 3.06. The van der Waals surface area contributed by atoms with Crippen LogP contribution in [-0.4, -0.2) is 17.7 Å². The summed E-state index contributed by atoms with van der Waals surface area (Å²) in [6.45, 7) is 3.89. The molecule has 29 heavy (non-hydrogen) atoms. The van der Waals surface area contributed by atoms with Gasteiger partial charge in [-0.15, -0.1) is 0 Å². The van der Waals surface area contributed by atoms with Crippen molar-refractivity contribution in [1.29, 1.82) is 5.26 Å². The zero-order valence-electron chi connectivity index (χ0n) is 16.3. The number of nitriles is 1. The van der Waals surface area contributed by atoms with Crippen LogP contribution in [0.4, 0.5) is 10.6 Å². The summed E-state index contributed by atoms with van der Waals surface area (Å²) in [4.78, 5) is 16.5. The highest BCUT2D eigenvalue weighted by Crippen LogP contribution is 2.44. The number of amides is 1. The number of pyridine rings is 1. The number of anilines is 1. The molecule has 0 unspecified atom stereocenters. The molecule has 1 aliphatic rings. The number of carbonyl (C=O) groups is 1. The van der Waals surface area contributed by atoms with Crippen LogP contribution in [0.3, 0.4) is 0 Å². The molecule has 4 rings (SSSR count). The molecular weight excluding hydrogens is 362 g/mol. The minimum absolute atomic E-state index is 0.0138. The Morgan fingerprint density at radius 1 is 1.07 bits per heavy atom. The van der Waals surface area contributed by atoms with Crippen molar-refractivity contribution in [3.8, 4) is 17.2 Å². The Kier molecular flexibility index (Phi) is 4.77. The normalized spacial score (nSPS) is 12.6. The summed E-state index contributed by atoms with van der Waals surface area (Å²) >= 11 is 0. The Labute approximate surface area is 170 Å². The molecule has 2 aromatic carbocycles. The molecule has 0 bridgehead atoms. The van der Waals surface area contributed by atoms with E-state index in [1.807, 2.05) is 38.1 Å². The average molecular weight is 383 g/mol. The first kappa shape index (κ1) is 18.7. The van der Waals surface area contributed by atoms with Crippen LogP contribution in [0.25, 0.3) is 11.1 Å². The highest BCUT2D eigenvalue weighted by molar-refractivity contribution is 5.84. The van der Waals surface area contributed by atoms with Crippen LogP contribution < -0.4 is 5.32 Å².